The maximum absolute atomic E-state index is 13.0. The van der Waals surface area contributed by atoms with Crippen molar-refractivity contribution in [3.8, 4) is 0 Å². The Morgan fingerprint density at radius 2 is 1.18 bits per heavy atom. The van der Waals surface area contributed by atoms with Crippen LogP contribution in [-0.4, -0.2) is 274 Å². The quantitative estimate of drug-likeness (QED) is 0.0643. The fraction of sp³-hybridized carbons (Fsp3) is 0.919. The van der Waals surface area contributed by atoms with Crippen molar-refractivity contribution < 1.29 is 134 Å². The van der Waals surface area contributed by atoms with Gasteiger partial charge < -0.3 is 130 Å². The normalized spacial score (nSPS) is 46.5. The monoisotopic (exact) mass is 966 g/mol. The smallest absolute Gasteiger partial charge is 0.364 e. The number of carbonyl (C=O) groups excluding carboxylic acids is 2. The summed E-state index contributed by atoms with van der Waals surface area (Å²) in [6.45, 7) is -0.695. The Balaban J connectivity index is 1.53. The molecule has 5 rings (SSSR count). The number of hydrogen-bond acceptors (Lipinski definition) is 26. The van der Waals surface area contributed by atoms with Crippen LogP contribution in [0.2, 0.25) is 0 Å². The lowest BCUT2D eigenvalue weighted by atomic mass is 9.88. The van der Waals surface area contributed by atoms with Gasteiger partial charge in [0.15, 0.2) is 25.2 Å². The fourth-order valence-electron chi connectivity index (χ4n) is 8.41. The predicted octanol–water partition coefficient (Wildman–Crippen LogP) is -10.4. The van der Waals surface area contributed by atoms with E-state index in [1.54, 1.807) is 0 Å². The number of ether oxygens (including phenoxy) is 9. The molecule has 25 atom stereocenters. The van der Waals surface area contributed by atoms with Gasteiger partial charge in [-0.3, -0.25) is 9.59 Å². The van der Waals surface area contributed by atoms with E-state index in [1.165, 1.54) is 6.92 Å². The number of aliphatic hydroxyl groups excluding tert-OH is 14. The Labute approximate surface area is 374 Å². The van der Waals surface area contributed by atoms with Gasteiger partial charge in [-0.1, -0.05) is 0 Å². The van der Waals surface area contributed by atoms with E-state index in [9.17, 15) is 91.0 Å². The van der Waals surface area contributed by atoms with Crippen LogP contribution in [0, 0.1) is 0 Å². The maximum atomic E-state index is 13.0. The molecule has 5 aliphatic heterocycles. The highest BCUT2D eigenvalue weighted by Gasteiger charge is 2.61. The minimum Gasteiger partial charge on any atom is -0.477 e. The SMILES string of the molecule is CC(=O)N[C@H]1[C@H](O[C@@H]2[C@@H](O)[C@H](O)O[C@H](CO)[C@@H]2O)O[C@H](CO)[C@@H](O[C@@H]2O[C@H](CO)[C@H](O)[C@H](O[C@]3(C(=O)O)C[C@H](O)[C@@H](NC(C)=O)[C@H]([C@@H](O)[C@H](O)CO)O3)[C@H]2O)[C@@H]1O[C@@H]1O[C@@H](C)[C@@H](O)C[C@@H]1O. The molecule has 0 bridgehead atoms. The average Bonchev–Trinajstić information content (AvgIpc) is 3.26. The van der Waals surface area contributed by atoms with E-state index in [4.69, 9.17) is 42.6 Å². The van der Waals surface area contributed by atoms with Gasteiger partial charge in [-0.05, 0) is 6.92 Å². The van der Waals surface area contributed by atoms with Crippen LogP contribution in [0.4, 0.5) is 0 Å². The fourth-order valence-corrected chi connectivity index (χ4v) is 8.41. The number of aliphatic carboxylic acids is 1. The highest BCUT2D eigenvalue weighted by Crippen LogP contribution is 2.40. The van der Waals surface area contributed by atoms with E-state index < -0.39 is 204 Å². The van der Waals surface area contributed by atoms with E-state index in [2.05, 4.69) is 10.6 Å². The summed E-state index contributed by atoms with van der Waals surface area (Å²) in [6.07, 6.45) is -42.7. The minimum atomic E-state index is -3.17. The summed E-state index contributed by atoms with van der Waals surface area (Å²) in [5.74, 6) is -6.86. The molecule has 17 N–H and O–H groups in total. The van der Waals surface area contributed by atoms with Crippen LogP contribution in [0.5, 0.6) is 0 Å². The first kappa shape index (κ1) is 54.4. The number of nitrogens with one attached hydrogen (secondary N) is 2. The Kier molecular flexibility index (Phi) is 18.9. The van der Waals surface area contributed by atoms with Crippen LogP contribution < -0.4 is 10.6 Å². The number of aliphatic hydroxyl groups is 14. The first-order valence-corrected chi connectivity index (χ1v) is 21.0. The van der Waals surface area contributed by atoms with Crippen molar-refractivity contribution in [3.63, 3.8) is 0 Å². The third-order valence-corrected chi connectivity index (χ3v) is 11.9. The molecule has 0 aliphatic carbocycles. The average molecular weight is 967 g/mol. The number of amides is 2. The standard InChI is InChI=1S/C37H62N2O27/c1-10-13(46)4-14(47)33(58-10)63-29-21(39-12(3)45)34(64-30-23(51)17(7-41)59-32(55)25(30)53)61-19(9-43)27(29)62-35-26(54)31(24(52)18(8-42)60-35)66-37(36(56)57)5-15(48)20(38-11(2)44)28(65-37)22(50)16(49)6-40/h10,13-35,40-43,46-55H,4-9H2,1-3H3,(H,38,44)(H,39,45)(H,56,57)/t10-,13-,14-,15-,16+,17+,18+,19+,20+,21+,22-,23-,24-,25+,26+,27+,28+,29+,30-,31-,32+,33-,34-,35-,37-/m0/s1. The summed E-state index contributed by atoms with van der Waals surface area (Å²) in [7, 11) is 0. The van der Waals surface area contributed by atoms with Crippen LogP contribution in [0.25, 0.3) is 0 Å². The molecule has 5 heterocycles. The predicted molar refractivity (Wildman–Crippen MR) is 204 cm³/mol. The largest absolute Gasteiger partial charge is 0.477 e. The maximum Gasteiger partial charge on any atom is 0.364 e. The van der Waals surface area contributed by atoms with Crippen molar-refractivity contribution in [2.75, 3.05) is 26.4 Å². The van der Waals surface area contributed by atoms with Gasteiger partial charge >= 0.3 is 5.97 Å². The van der Waals surface area contributed by atoms with Gasteiger partial charge in [0, 0.05) is 26.7 Å². The summed E-state index contributed by atoms with van der Waals surface area (Å²) in [5, 5.41) is 164. The molecule has 0 aromatic carbocycles. The summed E-state index contributed by atoms with van der Waals surface area (Å²) in [4.78, 5) is 37.9. The zero-order valence-corrected chi connectivity index (χ0v) is 35.7. The molecular weight excluding hydrogens is 904 g/mol. The number of carboxylic acids is 1. The van der Waals surface area contributed by atoms with Gasteiger partial charge in [0.2, 0.25) is 11.8 Å². The Hall–Kier alpha value is -2.51. The van der Waals surface area contributed by atoms with Crippen LogP contribution >= 0.6 is 0 Å². The Morgan fingerprint density at radius 1 is 0.636 bits per heavy atom. The minimum absolute atomic E-state index is 0.320. The molecule has 2 amide bonds. The van der Waals surface area contributed by atoms with Gasteiger partial charge in [-0.25, -0.2) is 4.79 Å². The Morgan fingerprint density at radius 3 is 1.76 bits per heavy atom. The summed E-state index contributed by atoms with van der Waals surface area (Å²) >= 11 is 0. The van der Waals surface area contributed by atoms with Crippen molar-refractivity contribution in [1.82, 2.24) is 10.6 Å². The first-order valence-electron chi connectivity index (χ1n) is 21.0. The molecule has 5 aliphatic rings. The molecule has 382 valence electrons. The van der Waals surface area contributed by atoms with Crippen molar-refractivity contribution in [1.29, 1.82) is 0 Å². The van der Waals surface area contributed by atoms with Crippen LogP contribution in [-0.2, 0) is 57.0 Å². The molecule has 0 spiro atoms. The lowest BCUT2D eigenvalue weighted by Gasteiger charge is -2.52. The number of carbonyl (C=O) groups is 3. The zero-order chi connectivity index (χ0) is 49.1. The van der Waals surface area contributed by atoms with E-state index >= 15 is 0 Å². The van der Waals surface area contributed by atoms with Crippen LogP contribution in [0.15, 0.2) is 0 Å². The molecule has 5 saturated heterocycles. The molecule has 0 saturated carbocycles. The van der Waals surface area contributed by atoms with E-state index in [0.29, 0.717) is 0 Å². The lowest BCUT2D eigenvalue weighted by Crippen LogP contribution is -2.72. The van der Waals surface area contributed by atoms with E-state index in [-0.39, 0.29) is 6.42 Å². The molecule has 66 heavy (non-hydrogen) atoms. The second-order valence-corrected chi connectivity index (χ2v) is 16.7. The van der Waals surface area contributed by atoms with Crippen molar-refractivity contribution in [2.45, 2.75) is 187 Å². The molecule has 29 nitrogen and oxygen atoms in total. The zero-order valence-electron chi connectivity index (χ0n) is 35.7. The summed E-state index contributed by atoms with van der Waals surface area (Å²) in [6, 6.07) is -3.37. The van der Waals surface area contributed by atoms with Crippen LogP contribution in [0.3, 0.4) is 0 Å². The van der Waals surface area contributed by atoms with Crippen molar-refractivity contribution in [3.05, 3.63) is 0 Å². The van der Waals surface area contributed by atoms with Crippen LogP contribution in [0.1, 0.15) is 33.6 Å². The lowest BCUT2D eigenvalue weighted by molar-refractivity contribution is -0.394. The van der Waals surface area contributed by atoms with Gasteiger partial charge in [0.25, 0.3) is 5.79 Å². The third kappa shape index (κ3) is 11.7. The summed E-state index contributed by atoms with van der Waals surface area (Å²) < 4.78 is 52.0. The number of hydrogen-bond donors (Lipinski definition) is 17. The van der Waals surface area contributed by atoms with Crippen molar-refractivity contribution >= 4 is 17.8 Å². The van der Waals surface area contributed by atoms with E-state index in [0.717, 1.165) is 13.8 Å². The molecule has 0 unspecified atom stereocenters. The van der Waals surface area contributed by atoms with E-state index in [1.807, 2.05) is 0 Å². The molecule has 0 aromatic heterocycles. The number of rotatable bonds is 17. The first-order chi connectivity index (χ1) is 31.0. The van der Waals surface area contributed by atoms with Gasteiger partial charge in [0.1, 0.15) is 97.6 Å². The molecule has 29 heteroatoms. The molecule has 0 radical (unpaired) electrons. The third-order valence-electron chi connectivity index (χ3n) is 11.9. The number of carboxylic acid groups (broad SMARTS) is 1. The highest BCUT2D eigenvalue weighted by molar-refractivity contribution is 5.76. The second kappa shape index (κ2) is 22.9. The van der Waals surface area contributed by atoms with Gasteiger partial charge in [-0.15, -0.1) is 0 Å². The molecule has 0 aromatic rings. The topological polar surface area (TPSA) is 462 Å². The highest BCUT2D eigenvalue weighted by atomic mass is 16.8. The van der Waals surface area contributed by atoms with Gasteiger partial charge in [0.05, 0.1) is 50.8 Å². The van der Waals surface area contributed by atoms with Gasteiger partial charge in [-0.2, -0.15) is 0 Å². The molecular formula is C37H62N2O27. The van der Waals surface area contributed by atoms with Crippen molar-refractivity contribution in [2.24, 2.45) is 0 Å². The second-order valence-electron chi connectivity index (χ2n) is 16.7. The molecule has 5 fully saturated rings. The Bertz CT molecular complexity index is 1610. The summed E-state index contributed by atoms with van der Waals surface area (Å²) in [5.41, 5.74) is 0.